The minimum absolute atomic E-state index is 0.0481. The molecule has 0 saturated heterocycles. The number of rotatable bonds is 6. The number of fused-ring (bicyclic) bond motifs is 1. The molecule has 0 aliphatic carbocycles. The zero-order valence-electron chi connectivity index (χ0n) is 14.1. The highest BCUT2D eigenvalue weighted by Crippen LogP contribution is 2.28. The van der Waals surface area contributed by atoms with Crippen LogP contribution in [0.5, 0.6) is 0 Å². The van der Waals surface area contributed by atoms with Gasteiger partial charge in [-0.1, -0.05) is 37.8 Å². The lowest BCUT2D eigenvalue weighted by molar-refractivity contribution is -0.141. The van der Waals surface area contributed by atoms with Crippen LogP contribution in [0.25, 0.3) is 0 Å². The van der Waals surface area contributed by atoms with E-state index < -0.39 is 20.1 Å². The SMILES string of the molecule is COC(=O)CC(CC[Si](C)(C)C)N1C(=O)c2ccccc2C1=O. The first-order valence-corrected chi connectivity index (χ1v) is 11.5. The van der Waals surface area contributed by atoms with E-state index in [-0.39, 0.29) is 18.2 Å². The molecule has 0 spiro atoms. The van der Waals surface area contributed by atoms with E-state index in [0.717, 1.165) is 6.04 Å². The Morgan fingerprint density at radius 2 is 1.65 bits per heavy atom. The van der Waals surface area contributed by atoms with Crippen LogP contribution in [0.4, 0.5) is 0 Å². The third kappa shape index (κ3) is 3.88. The normalized spacial score (nSPS) is 15.6. The Kier molecular flexibility index (Phi) is 5.04. The number of amides is 2. The zero-order valence-corrected chi connectivity index (χ0v) is 15.1. The zero-order chi connectivity index (χ0) is 17.2. The number of hydrogen-bond donors (Lipinski definition) is 0. The molecule has 6 heteroatoms. The van der Waals surface area contributed by atoms with E-state index >= 15 is 0 Å². The van der Waals surface area contributed by atoms with E-state index in [0.29, 0.717) is 17.5 Å². The van der Waals surface area contributed by atoms with Crippen molar-refractivity contribution in [2.24, 2.45) is 0 Å². The summed E-state index contributed by atoms with van der Waals surface area (Å²) in [6.07, 6.45) is 0.683. The first-order valence-electron chi connectivity index (χ1n) is 7.78. The number of ether oxygens (including phenoxy) is 1. The highest BCUT2D eigenvalue weighted by molar-refractivity contribution is 6.76. The van der Waals surface area contributed by atoms with Crippen molar-refractivity contribution in [1.29, 1.82) is 0 Å². The van der Waals surface area contributed by atoms with Crippen molar-refractivity contribution in [3.05, 3.63) is 35.4 Å². The van der Waals surface area contributed by atoms with E-state index in [4.69, 9.17) is 4.74 Å². The predicted octanol–water partition coefficient (Wildman–Crippen LogP) is 2.94. The van der Waals surface area contributed by atoms with Crippen LogP contribution in [0.1, 0.15) is 33.6 Å². The van der Waals surface area contributed by atoms with Crippen molar-refractivity contribution in [2.75, 3.05) is 7.11 Å². The molecule has 1 aromatic carbocycles. The van der Waals surface area contributed by atoms with Crippen LogP contribution in [-0.2, 0) is 9.53 Å². The summed E-state index contributed by atoms with van der Waals surface area (Å²) in [5.41, 5.74) is 0.834. The fourth-order valence-electron chi connectivity index (χ4n) is 2.74. The number of carbonyl (C=O) groups excluding carboxylic acids is 3. The van der Waals surface area contributed by atoms with Crippen LogP contribution in [0.3, 0.4) is 0 Å². The molecule has 0 saturated carbocycles. The van der Waals surface area contributed by atoms with Gasteiger partial charge in [0.25, 0.3) is 11.8 Å². The largest absolute Gasteiger partial charge is 0.469 e. The number of imide groups is 1. The monoisotopic (exact) mass is 333 g/mol. The minimum Gasteiger partial charge on any atom is -0.469 e. The van der Waals surface area contributed by atoms with Gasteiger partial charge in [0.15, 0.2) is 0 Å². The molecule has 0 aromatic heterocycles. The predicted molar refractivity (Wildman–Crippen MR) is 90.1 cm³/mol. The Hall–Kier alpha value is -1.95. The van der Waals surface area contributed by atoms with Crippen LogP contribution < -0.4 is 0 Å². The summed E-state index contributed by atoms with van der Waals surface area (Å²) in [4.78, 5) is 38.2. The molecule has 0 radical (unpaired) electrons. The lowest BCUT2D eigenvalue weighted by Gasteiger charge is -2.28. The standard InChI is InChI=1S/C17H23NO4Si/c1-22-15(19)11-12(9-10-23(2,3)4)18-16(20)13-7-5-6-8-14(13)17(18)21/h5-8,12H,9-11H2,1-4H3. The Balaban J connectivity index is 2.27. The summed E-state index contributed by atoms with van der Waals surface area (Å²) < 4.78 is 4.74. The average molecular weight is 333 g/mol. The molecule has 1 aliphatic heterocycles. The van der Waals surface area contributed by atoms with E-state index in [1.165, 1.54) is 12.0 Å². The summed E-state index contributed by atoms with van der Waals surface area (Å²) >= 11 is 0. The molecule has 1 heterocycles. The lowest BCUT2D eigenvalue weighted by Crippen LogP contribution is -2.42. The van der Waals surface area contributed by atoms with E-state index in [2.05, 4.69) is 19.6 Å². The maximum atomic E-state index is 12.6. The van der Waals surface area contributed by atoms with Gasteiger partial charge in [-0.05, 0) is 18.6 Å². The first-order chi connectivity index (χ1) is 10.7. The van der Waals surface area contributed by atoms with Crippen LogP contribution >= 0.6 is 0 Å². The number of benzene rings is 1. The van der Waals surface area contributed by atoms with Crippen molar-refractivity contribution < 1.29 is 19.1 Å². The highest BCUT2D eigenvalue weighted by atomic mass is 28.3. The first kappa shape index (κ1) is 17.4. The number of hydrogen-bond acceptors (Lipinski definition) is 4. The minimum atomic E-state index is -1.36. The summed E-state index contributed by atoms with van der Waals surface area (Å²) in [5, 5.41) is 0. The van der Waals surface area contributed by atoms with E-state index in [1.54, 1.807) is 24.3 Å². The molecular weight excluding hydrogens is 310 g/mol. The topological polar surface area (TPSA) is 63.7 Å². The maximum Gasteiger partial charge on any atom is 0.307 e. The quantitative estimate of drug-likeness (QED) is 0.456. The number of nitrogens with zero attached hydrogens (tertiary/aromatic N) is 1. The van der Waals surface area contributed by atoms with Gasteiger partial charge in [0.05, 0.1) is 30.7 Å². The van der Waals surface area contributed by atoms with Gasteiger partial charge >= 0.3 is 5.97 Å². The molecule has 124 valence electrons. The van der Waals surface area contributed by atoms with Crippen LogP contribution in [0.15, 0.2) is 24.3 Å². The molecule has 1 atom stereocenters. The molecule has 0 bridgehead atoms. The van der Waals surface area contributed by atoms with Crippen molar-refractivity contribution in [3.63, 3.8) is 0 Å². The molecule has 2 rings (SSSR count). The molecule has 23 heavy (non-hydrogen) atoms. The number of esters is 1. The fraction of sp³-hybridized carbons (Fsp3) is 0.471. The average Bonchev–Trinajstić information content (AvgIpc) is 2.75. The van der Waals surface area contributed by atoms with Crippen molar-refractivity contribution in [3.8, 4) is 0 Å². The smallest absolute Gasteiger partial charge is 0.307 e. The molecule has 5 nitrogen and oxygen atoms in total. The van der Waals surface area contributed by atoms with Crippen molar-refractivity contribution in [2.45, 2.75) is 44.6 Å². The molecule has 1 aromatic rings. The molecule has 0 N–H and O–H groups in total. The second-order valence-electron chi connectivity index (χ2n) is 7.06. The van der Waals surface area contributed by atoms with Gasteiger partial charge in [-0.2, -0.15) is 0 Å². The third-order valence-corrected chi connectivity index (χ3v) is 5.84. The molecule has 2 amide bonds. The van der Waals surface area contributed by atoms with Crippen molar-refractivity contribution in [1.82, 2.24) is 4.90 Å². The fourth-order valence-corrected chi connectivity index (χ4v) is 3.94. The van der Waals surface area contributed by atoms with Gasteiger partial charge in [-0.15, -0.1) is 0 Å². The van der Waals surface area contributed by atoms with E-state index in [9.17, 15) is 14.4 Å². The lowest BCUT2D eigenvalue weighted by atomic mass is 10.1. The molecule has 1 aliphatic rings. The molecule has 1 unspecified atom stereocenters. The summed E-state index contributed by atoms with van der Waals surface area (Å²) in [7, 11) is -0.0377. The van der Waals surface area contributed by atoms with Crippen LogP contribution in [0.2, 0.25) is 25.7 Å². The Morgan fingerprint density at radius 3 is 2.09 bits per heavy atom. The molecular formula is C17H23NO4Si. The maximum absolute atomic E-state index is 12.6. The highest BCUT2D eigenvalue weighted by Gasteiger charge is 2.40. The summed E-state index contributed by atoms with van der Waals surface area (Å²) in [6, 6.07) is 7.28. The second kappa shape index (κ2) is 6.66. The Morgan fingerprint density at radius 1 is 1.13 bits per heavy atom. The van der Waals surface area contributed by atoms with Gasteiger partial charge < -0.3 is 4.74 Å². The van der Waals surface area contributed by atoms with E-state index in [1.807, 2.05) is 0 Å². The van der Waals surface area contributed by atoms with Crippen molar-refractivity contribution >= 4 is 25.9 Å². The van der Waals surface area contributed by atoms with Crippen LogP contribution in [0, 0.1) is 0 Å². The van der Waals surface area contributed by atoms with Gasteiger partial charge in [-0.3, -0.25) is 19.3 Å². The number of methoxy groups -OCH3 is 1. The second-order valence-corrected chi connectivity index (χ2v) is 12.7. The summed E-state index contributed by atoms with van der Waals surface area (Å²) in [5.74, 6) is -1.02. The third-order valence-electron chi connectivity index (χ3n) is 4.05. The van der Waals surface area contributed by atoms with Gasteiger partial charge in [0, 0.05) is 8.07 Å². The van der Waals surface area contributed by atoms with Crippen LogP contribution in [-0.4, -0.2) is 43.9 Å². The summed E-state index contributed by atoms with van der Waals surface area (Å²) in [6.45, 7) is 6.68. The number of carbonyl (C=O) groups is 3. The van der Waals surface area contributed by atoms with Gasteiger partial charge in [0.2, 0.25) is 0 Å². The molecule has 0 fully saturated rings. The Bertz CT molecular complexity index is 601. The van der Waals surface area contributed by atoms with Gasteiger partial charge in [0.1, 0.15) is 0 Å². The Labute approximate surface area is 137 Å². The van der Waals surface area contributed by atoms with Gasteiger partial charge in [-0.25, -0.2) is 0 Å².